The maximum atomic E-state index is 13.5. The summed E-state index contributed by atoms with van der Waals surface area (Å²) in [5.41, 5.74) is 1.85. The number of halogens is 4. The topological polar surface area (TPSA) is 57.6 Å². The highest BCUT2D eigenvalue weighted by molar-refractivity contribution is 6.35. The van der Waals surface area contributed by atoms with Crippen LogP contribution < -0.4 is 0 Å². The van der Waals surface area contributed by atoms with Crippen LogP contribution in [-0.4, -0.2) is 21.9 Å². The van der Waals surface area contributed by atoms with Crippen molar-refractivity contribution in [3.8, 4) is 0 Å². The minimum Gasteiger partial charge on any atom is -0.481 e. The first-order valence-corrected chi connectivity index (χ1v) is 10.8. The minimum absolute atomic E-state index is 0.0555. The SMILES string of the molecule is O=C(O)C1c2ccccc2C(=O)N(Cc2cc(Cl)ccc2Cl)C1c1ccc(Cl)cc1Cl. The Kier molecular flexibility index (Phi) is 6.18. The van der Waals surface area contributed by atoms with E-state index in [0.29, 0.717) is 37.3 Å². The van der Waals surface area contributed by atoms with Crippen molar-refractivity contribution < 1.29 is 14.7 Å². The van der Waals surface area contributed by atoms with Crippen molar-refractivity contribution in [1.82, 2.24) is 4.90 Å². The van der Waals surface area contributed by atoms with Crippen molar-refractivity contribution in [3.63, 3.8) is 0 Å². The van der Waals surface area contributed by atoms with Gasteiger partial charge in [0.2, 0.25) is 0 Å². The largest absolute Gasteiger partial charge is 0.481 e. The first-order valence-electron chi connectivity index (χ1n) is 9.29. The molecule has 1 heterocycles. The van der Waals surface area contributed by atoms with Crippen LogP contribution in [-0.2, 0) is 11.3 Å². The molecule has 0 saturated heterocycles. The van der Waals surface area contributed by atoms with Crippen molar-refractivity contribution in [3.05, 3.63) is 103 Å². The second-order valence-corrected chi connectivity index (χ2v) is 8.87. The van der Waals surface area contributed by atoms with Crippen LogP contribution in [0.15, 0.2) is 60.7 Å². The van der Waals surface area contributed by atoms with E-state index in [9.17, 15) is 14.7 Å². The smallest absolute Gasteiger partial charge is 0.313 e. The van der Waals surface area contributed by atoms with Crippen LogP contribution in [0.2, 0.25) is 20.1 Å². The van der Waals surface area contributed by atoms with E-state index in [-0.39, 0.29) is 17.5 Å². The number of carbonyl (C=O) groups excluding carboxylic acids is 1. The standard InChI is InChI=1S/C23H15Cl4NO3/c24-13-6-8-18(26)12(9-13)11-28-21(17-7-5-14(25)10-19(17)27)20(23(30)31)15-3-1-2-4-16(15)22(28)29/h1-10,20-21H,11H2,(H,30,31). The molecule has 0 fully saturated rings. The molecule has 1 aliphatic heterocycles. The first-order chi connectivity index (χ1) is 14.8. The highest BCUT2D eigenvalue weighted by atomic mass is 35.5. The lowest BCUT2D eigenvalue weighted by atomic mass is 9.79. The summed E-state index contributed by atoms with van der Waals surface area (Å²) in [7, 11) is 0. The summed E-state index contributed by atoms with van der Waals surface area (Å²) in [4.78, 5) is 27.5. The van der Waals surface area contributed by atoms with Gasteiger partial charge < -0.3 is 10.0 Å². The van der Waals surface area contributed by atoms with E-state index in [4.69, 9.17) is 46.4 Å². The number of hydrogen-bond acceptors (Lipinski definition) is 2. The van der Waals surface area contributed by atoms with Gasteiger partial charge in [-0.25, -0.2) is 0 Å². The molecule has 31 heavy (non-hydrogen) atoms. The Balaban J connectivity index is 1.93. The molecular formula is C23H15Cl4NO3. The molecule has 2 unspecified atom stereocenters. The Labute approximate surface area is 198 Å². The van der Waals surface area contributed by atoms with Gasteiger partial charge in [0.05, 0.1) is 6.04 Å². The fourth-order valence-corrected chi connectivity index (χ4v) is 4.86. The highest BCUT2D eigenvalue weighted by Crippen LogP contribution is 2.46. The Bertz CT molecular complexity index is 1200. The number of hydrogen-bond donors (Lipinski definition) is 1. The molecule has 0 aromatic heterocycles. The Hall–Kier alpha value is -2.24. The molecule has 1 N–H and O–H groups in total. The van der Waals surface area contributed by atoms with Gasteiger partial charge in [0.1, 0.15) is 5.92 Å². The summed E-state index contributed by atoms with van der Waals surface area (Å²) in [6, 6.07) is 15.6. The quantitative estimate of drug-likeness (QED) is 0.430. The van der Waals surface area contributed by atoms with Crippen molar-refractivity contribution in [2.75, 3.05) is 0 Å². The van der Waals surface area contributed by atoms with E-state index in [0.717, 1.165) is 0 Å². The summed E-state index contributed by atoms with van der Waals surface area (Å²) in [6.45, 7) is 0.0555. The Morgan fingerprint density at radius 3 is 2.26 bits per heavy atom. The zero-order chi connectivity index (χ0) is 22.3. The Morgan fingerprint density at radius 1 is 0.871 bits per heavy atom. The number of carboxylic acid groups (broad SMARTS) is 1. The van der Waals surface area contributed by atoms with Gasteiger partial charge in [-0.3, -0.25) is 9.59 Å². The van der Waals surface area contributed by atoms with Crippen LogP contribution in [0.3, 0.4) is 0 Å². The third-order valence-electron chi connectivity index (χ3n) is 5.33. The molecule has 3 aromatic carbocycles. The third kappa shape index (κ3) is 4.13. The fourth-order valence-electron chi connectivity index (χ4n) is 3.97. The number of aliphatic carboxylic acids is 1. The van der Waals surface area contributed by atoms with Crippen molar-refractivity contribution in [2.45, 2.75) is 18.5 Å². The van der Waals surface area contributed by atoms with Gasteiger partial charge in [-0.2, -0.15) is 0 Å². The lowest BCUT2D eigenvalue weighted by Gasteiger charge is -2.41. The first kappa shape index (κ1) is 22.0. The van der Waals surface area contributed by atoms with E-state index in [1.165, 1.54) is 11.0 Å². The average Bonchev–Trinajstić information content (AvgIpc) is 2.72. The van der Waals surface area contributed by atoms with Crippen LogP contribution in [0.4, 0.5) is 0 Å². The van der Waals surface area contributed by atoms with Gasteiger partial charge in [0.25, 0.3) is 5.91 Å². The van der Waals surface area contributed by atoms with Crippen LogP contribution in [0, 0.1) is 0 Å². The van der Waals surface area contributed by atoms with Gasteiger partial charge in [0.15, 0.2) is 0 Å². The number of carboxylic acids is 1. The molecule has 2 atom stereocenters. The van der Waals surface area contributed by atoms with E-state index >= 15 is 0 Å². The van der Waals surface area contributed by atoms with Crippen molar-refractivity contribution in [2.24, 2.45) is 0 Å². The highest BCUT2D eigenvalue weighted by Gasteiger charge is 2.45. The molecule has 1 aliphatic rings. The van der Waals surface area contributed by atoms with Gasteiger partial charge >= 0.3 is 5.97 Å². The maximum absolute atomic E-state index is 13.5. The summed E-state index contributed by atoms with van der Waals surface area (Å²) < 4.78 is 0. The molecule has 4 nitrogen and oxygen atoms in total. The van der Waals surface area contributed by atoms with E-state index in [2.05, 4.69) is 0 Å². The maximum Gasteiger partial charge on any atom is 0.313 e. The van der Waals surface area contributed by atoms with Crippen LogP contribution >= 0.6 is 46.4 Å². The van der Waals surface area contributed by atoms with Gasteiger partial charge in [-0.1, -0.05) is 70.7 Å². The van der Waals surface area contributed by atoms with Crippen LogP contribution in [0.25, 0.3) is 0 Å². The number of benzene rings is 3. The fraction of sp³-hybridized carbons (Fsp3) is 0.130. The number of nitrogens with zero attached hydrogens (tertiary/aromatic N) is 1. The second kappa shape index (κ2) is 8.71. The normalized spacial score (nSPS) is 18.1. The molecule has 0 radical (unpaired) electrons. The monoisotopic (exact) mass is 493 g/mol. The molecule has 0 saturated carbocycles. The van der Waals surface area contributed by atoms with E-state index in [1.807, 2.05) is 0 Å². The summed E-state index contributed by atoms with van der Waals surface area (Å²) in [5.74, 6) is -2.43. The number of amides is 1. The molecule has 0 aliphatic carbocycles. The van der Waals surface area contributed by atoms with Crippen LogP contribution in [0.1, 0.15) is 39.0 Å². The van der Waals surface area contributed by atoms with Gasteiger partial charge in [-0.15, -0.1) is 0 Å². The van der Waals surface area contributed by atoms with Crippen molar-refractivity contribution in [1.29, 1.82) is 0 Å². The molecule has 1 amide bonds. The molecule has 4 rings (SSSR count). The predicted molar refractivity (Wildman–Crippen MR) is 122 cm³/mol. The predicted octanol–water partition coefficient (Wildman–Crippen LogP) is 6.87. The second-order valence-electron chi connectivity index (χ2n) is 7.18. The van der Waals surface area contributed by atoms with Gasteiger partial charge in [-0.05, 0) is 53.1 Å². The van der Waals surface area contributed by atoms with Crippen LogP contribution in [0.5, 0.6) is 0 Å². The molecule has 3 aromatic rings. The summed E-state index contributed by atoms with van der Waals surface area (Å²) in [5, 5.41) is 11.7. The van der Waals surface area contributed by atoms with Gasteiger partial charge in [0, 0.05) is 32.2 Å². The molecule has 0 spiro atoms. The van der Waals surface area contributed by atoms with E-state index in [1.54, 1.807) is 54.6 Å². The number of carbonyl (C=O) groups is 2. The third-order valence-corrected chi connectivity index (χ3v) is 6.50. The lowest BCUT2D eigenvalue weighted by Crippen LogP contribution is -2.44. The number of rotatable bonds is 4. The van der Waals surface area contributed by atoms with Crippen molar-refractivity contribution >= 4 is 58.3 Å². The minimum atomic E-state index is -1.07. The zero-order valence-electron chi connectivity index (χ0n) is 15.9. The molecule has 8 heteroatoms. The number of fused-ring (bicyclic) bond motifs is 1. The average molecular weight is 495 g/mol. The zero-order valence-corrected chi connectivity index (χ0v) is 18.9. The Morgan fingerprint density at radius 2 is 1.55 bits per heavy atom. The summed E-state index contributed by atoms with van der Waals surface area (Å²) >= 11 is 25.0. The molecular weight excluding hydrogens is 480 g/mol. The molecule has 0 bridgehead atoms. The summed E-state index contributed by atoms with van der Waals surface area (Å²) in [6.07, 6.45) is 0. The lowest BCUT2D eigenvalue weighted by molar-refractivity contribution is -0.140. The van der Waals surface area contributed by atoms with E-state index < -0.39 is 17.9 Å². The molecule has 158 valence electrons.